The van der Waals surface area contributed by atoms with Crippen LogP contribution >= 0.6 is 24.2 Å². The average molecular weight is 385 g/mol. The van der Waals surface area contributed by atoms with Gasteiger partial charge >= 0.3 is 0 Å². The number of hydrogen-bond donors (Lipinski definition) is 1. The standard InChI is InChI=1S/C20H32N2OS.ClH/c1-16(2)15-18-5-7-19(8-6-18)17(3)20(23)21-9-4-10-22-11-13-24-14-12-22;/h5-8,16-17H,4,9-15H2,1-3H3,(H,21,23);1H/t17-;/m1./s1. The van der Waals surface area contributed by atoms with E-state index < -0.39 is 0 Å². The van der Waals surface area contributed by atoms with Crippen molar-refractivity contribution in [2.45, 2.75) is 39.5 Å². The second-order valence-corrected chi connectivity index (χ2v) is 8.38. The van der Waals surface area contributed by atoms with Gasteiger partial charge < -0.3 is 10.2 Å². The van der Waals surface area contributed by atoms with Crippen LogP contribution in [0.25, 0.3) is 0 Å². The van der Waals surface area contributed by atoms with Crippen LogP contribution in [-0.4, -0.2) is 48.5 Å². The SMILES string of the molecule is CC(C)Cc1ccc([C@@H](C)C(=O)NCCCN2CCSCC2)cc1.Cl. The maximum atomic E-state index is 12.3. The molecule has 0 radical (unpaired) electrons. The van der Waals surface area contributed by atoms with Gasteiger partial charge in [0.25, 0.3) is 0 Å². The second kappa shape index (κ2) is 11.8. The molecule has 0 spiro atoms. The molecule has 1 N–H and O–H groups in total. The maximum Gasteiger partial charge on any atom is 0.227 e. The molecule has 3 nitrogen and oxygen atoms in total. The Labute approximate surface area is 163 Å². The van der Waals surface area contributed by atoms with Crippen LogP contribution in [-0.2, 0) is 11.2 Å². The molecule has 1 saturated heterocycles. The summed E-state index contributed by atoms with van der Waals surface area (Å²) in [6.45, 7) is 10.7. The molecule has 1 heterocycles. The largest absolute Gasteiger partial charge is 0.356 e. The molecular weight excluding hydrogens is 352 g/mol. The van der Waals surface area contributed by atoms with Gasteiger partial charge in [0.05, 0.1) is 5.92 Å². The number of benzene rings is 1. The zero-order valence-corrected chi connectivity index (χ0v) is 17.4. The van der Waals surface area contributed by atoms with Gasteiger partial charge in [-0.1, -0.05) is 38.1 Å². The van der Waals surface area contributed by atoms with Crippen molar-refractivity contribution in [1.82, 2.24) is 10.2 Å². The Hall–Kier alpha value is -0.710. The molecule has 1 aromatic carbocycles. The highest BCUT2D eigenvalue weighted by atomic mass is 35.5. The number of rotatable bonds is 8. The van der Waals surface area contributed by atoms with Gasteiger partial charge in [-0.2, -0.15) is 11.8 Å². The Morgan fingerprint density at radius 3 is 2.40 bits per heavy atom. The normalized spacial score (nSPS) is 16.3. The minimum atomic E-state index is -0.0792. The molecule has 1 aliphatic heterocycles. The van der Waals surface area contributed by atoms with Gasteiger partial charge in [0.2, 0.25) is 5.91 Å². The Morgan fingerprint density at radius 1 is 1.16 bits per heavy atom. The molecule has 0 aromatic heterocycles. The quantitative estimate of drug-likeness (QED) is 0.688. The van der Waals surface area contributed by atoms with Gasteiger partial charge in [-0.15, -0.1) is 12.4 Å². The molecule has 1 aromatic rings. The minimum absolute atomic E-state index is 0. The predicted octanol–water partition coefficient (Wildman–Crippen LogP) is 3.97. The Kier molecular flexibility index (Phi) is 10.6. The van der Waals surface area contributed by atoms with Gasteiger partial charge in [-0.3, -0.25) is 4.79 Å². The summed E-state index contributed by atoms with van der Waals surface area (Å²) >= 11 is 2.04. The molecule has 5 heteroatoms. The van der Waals surface area contributed by atoms with E-state index in [1.54, 1.807) is 0 Å². The van der Waals surface area contributed by atoms with Gasteiger partial charge in [0, 0.05) is 31.1 Å². The highest BCUT2D eigenvalue weighted by Gasteiger charge is 2.15. The fourth-order valence-corrected chi connectivity index (χ4v) is 4.04. The third-order valence-corrected chi connectivity index (χ3v) is 5.51. The average Bonchev–Trinajstić information content (AvgIpc) is 2.59. The number of amides is 1. The lowest BCUT2D eigenvalue weighted by atomic mass is 9.96. The molecule has 1 amide bonds. The van der Waals surface area contributed by atoms with Crippen LogP contribution in [0.3, 0.4) is 0 Å². The first kappa shape index (κ1) is 22.3. The lowest BCUT2D eigenvalue weighted by Crippen LogP contribution is -2.36. The number of halogens is 1. The van der Waals surface area contributed by atoms with Crippen LogP contribution in [0.1, 0.15) is 44.2 Å². The summed E-state index contributed by atoms with van der Waals surface area (Å²) in [5, 5.41) is 3.10. The van der Waals surface area contributed by atoms with E-state index in [2.05, 4.69) is 48.3 Å². The number of hydrogen-bond acceptors (Lipinski definition) is 3. The van der Waals surface area contributed by atoms with E-state index in [0.717, 1.165) is 31.5 Å². The molecule has 0 aliphatic carbocycles. The fourth-order valence-electron chi connectivity index (χ4n) is 3.06. The topological polar surface area (TPSA) is 32.3 Å². The number of thioether (sulfide) groups is 1. The highest BCUT2D eigenvalue weighted by Crippen LogP contribution is 2.17. The molecule has 25 heavy (non-hydrogen) atoms. The van der Waals surface area contributed by atoms with Crippen LogP contribution in [0, 0.1) is 5.92 Å². The summed E-state index contributed by atoms with van der Waals surface area (Å²) in [6.07, 6.45) is 2.13. The number of carbonyl (C=O) groups excluding carboxylic acids is 1. The van der Waals surface area contributed by atoms with Crippen molar-refractivity contribution in [2.24, 2.45) is 5.92 Å². The predicted molar refractivity (Wildman–Crippen MR) is 112 cm³/mol. The zero-order valence-electron chi connectivity index (χ0n) is 15.8. The zero-order chi connectivity index (χ0) is 17.4. The van der Waals surface area contributed by atoms with Crippen molar-refractivity contribution in [3.8, 4) is 0 Å². The van der Waals surface area contributed by atoms with Crippen molar-refractivity contribution in [1.29, 1.82) is 0 Å². The monoisotopic (exact) mass is 384 g/mol. The first-order valence-electron chi connectivity index (χ1n) is 9.23. The van der Waals surface area contributed by atoms with Crippen molar-refractivity contribution >= 4 is 30.1 Å². The van der Waals surface area contributed by atoms with E-state index in [1.807, 2.05) is 18.7 Å². The first-order valence-corrected chi connectivity index (χ1v) is 10.4. The maximum absolute atomic E-state index is 12.3. The lowest BCUT2D eigenvalue weighted by molar-refractivity contribution is -0.122. The Morgan fingerprint density at radius 2 is 1.80 bits per heavy atom. The summed E-state index contributed by atoms with van der Waals surface area (Å²) in [5.74, 6) is 3.22. The molecule has 142 valence electrons. The smallest absolute Gasteiger partial charge is 0.227 e. The van der Waals surface area contributed by atoms with E-state index in [-0.39, 0.29) is 24.2 Å². The summed E-state index contributed by atoms with van der Waals surface area (Å²) in [6, 6.07) is 8.53. The van der Waals surface area contributed by atoms with E-state index >= 15 is 0 Å². The minimum Gasteiger partial charge on any atom is -0.356 e. The third kappa shape index (κ3) is 8.02. The highest BCUT2D eigenvalue weighted by molar-refractivity contribution is 7.99. The Bertz CT molecular complexity index is 501. The fraction of sp³-hybridized carbons (Fsp3) is 0.650. The molecular formula is C20H33ClN2OS. The van der Waals surface area contributed by atoms with Crippen molar-refractivity contribution in [2.75, 3.05) is 37.7 Å². The lowest BCUT2D eigenvalue weighted by Gasteiger charge is -2.26. The van der Waals surface area contributed by atoms with Crippen molar-refractivity contribution < 1.29 is 4.79 Å². The van der Waals surface area contributed by atoms with Crippen LogP contribution < -0.4 is 5.32 Å². The van der Waals surface area contributed by atoms with E-state index in [1.165, 1.54) is 30.2 Å². The Balaban J connectivity index is 0.00000312. The molecule has 0 unspecified atom stereocenters. The van der Waals surface area contributed by atoms with Gasteiger partial charge in [-0.25, -0.2) is 0 Å². The summed E-state index contributed by atoms with van der Waals surface area (Å²) in [7, 11) is 0. The number of nitrogens with one attached hydrogen (secondary N) is 1. The van der Waals surface area contributed by atoms with Gasteiger partial charge in [0.15, 0.2) is 0 Å². The summed E-state index contributed by atoms with van der Waals surface area (Å²) in [4.78, 5) is 14.8. The van der Waals surface area contributed by atoms with Gasteiger partial charge in [-0.05, 0) is 43.4 Å². The van der Waals surface area contributed by atoms with Crippen molar-refractivity contribution in [3.05, 3.63) is 35.4 Å². The molecule has 0 saturated carbocycles. The first-order chi connectivity index (χ1) is 11.6. The second-order valence-electron chi connectivity index (χ2n) is 7.16. The number of carbonyl (C=O) groups is 1. The molecule has 2 rings (SSSR count). The van der Waals surface area contributed by atoms with E-state index in [9.17, 15) is 4.79 Å². The molecule has 1 fully saturated rings. The van der Waals surface area contributed by atoms with Crippen LogP contribution in [0.5, 0.6) is 0 Å². The van der Waals surface area contributed by atoms with Crippen LogP contribution in [0.2, 0.25) is 0 Å². The molecule has 1 aliphatic rings. The van der Waals surface area contributed by atoms with E-state index in [0.29, 0.717) is 5.92 Å². The summed E-state index contributed by atoms with van der Waals surface area (Å²) < 4.78 is 0. The van der Waals surface area contributed by atoms with Crippen LogP contribution in [0.15, 0.2) is 24.3 Å². The van der Waals surface area contributed by atoms with Crippen LogP contribution in [0.4, 0.5) is 0 Å². The molecule has 0 bridgehead atoms. The van der Waals surface area contributed by atoms with Gasteiger partial charge in [0.1, 0.15) is 0 Å². The summed E-state index contributed by atoms with van der Waals surface area (Å²) in [5.41, 5.74) is 2.45. The van der Waals surface area contributed by atoms with Crippen molar-refractivity contribution in [3.63, 3.8) is 0 Å². The third-order valence-electron chi connectivity index (χ3n) is 4.57. The number of nitrogens with zero attached hydrogens (tertiary/aromatic N) is 1. The van der Waals surface area contributed by atoms with E-state index in [4.69, 9.17) is 0 Å². The molecule has 1 atom stereocenters.